The second kappa shape index (κ2) is 6.30. The van der Waals surface area contributed by atoms with Gasteiger partial charge >= 0.3 is 7.12 Å². The SMILES string of the molecule is NCC(=O)CCNCB(O)O. The van der Waals surface area contributed by atoms with Crippen LogP contribution in [0.3, 0.4) is 0 Å². The first-order valence-corrected chi connectivity index (χ1v) is 3.45. The molecule has 11 heavy (non-hydrogen) atoms. The van der Waals surface area contributed by atoms with Crippen LogP contribution < -0.4 is 11.1 Å². The van der Waals surface area contributed by atoms with Gasteiger partial charge in [0.2, 0.25) is 0 Å². The largest absolute Gasteiger partial charge is 0.466 e. The van der Waals surface area contributed by atoms with Crippen LogP contribution in [0.2, 0.25) is 0 Å². The molecule has 0 saturated heterocycles. The zero-order valence-electron chi connectivity index (χ0n) is 6.29. The fourth-order valence-corrected chi connectivity index (χ4v) is 0.561. The number of hydrogen-bond donors (Lipinski definition) is 4. The molecule has 5 N–H and O–H groups in total. The van der Waals surface area contributed by atoms with Crippen molar-refractivity contribution in [3.63, 3.8) is 0 Å². The summed E-state index contributed by atoms with van der Waals surface area (Å²) in [7, 11) is -1.36. The highest BCUT2D eigenvalue weighted by molar-refractivity contribution is 6.41. The maximum Gasteiger partial charge on any atom is 0.466 e. The molecule has 0 aromatic heterocycles. The van der Waals surface area contributed by atoms with Crippen molar-refractivity contribution in [3.8, 4) is 0 Å². The van der Waals surface area contributed by atoms with E-state index in [1.807, 2.05) is 0 Å². The van der Waals surface area contributed by atoms with Crippen LogP contribution in [0.15, 0.2) is 0 Å². The summed E-state index contributed by atoms with van der Waals surface area (Å²) in [5.41, 5.74) is 5.04. The topological polar surface area (TPSA) is 95.6 Å². The first-order chi connectivity index (χ1) is 5.16. The number of nitrogens with one attached hydrogen (secondary N) is 1. The summed E-state index contributed by atoms with van der Waals surface area (Å²) in [6, 6.07) is 0. The fraction of sp³-hybridized carbons (Fsp3) is 0.800. The van der Waals surface area contributed by atoms with Gasteiger partial charge in [-0.2, -0.15) is 0 Å². The van der Waals surface area contributed by atoms with Crippen LogP contribution in [0.5, 0.6) is 0 Å². The molecule has 0 radical (unpaired) electrons. The number of carbonyl (C=O) groups is 1. The van der Waals surface area contributed by atoms with E-state index in [9.17, 15) is 4.79 Å². The van der Waals surface area contributed by atoms with Gasteiger partial charge in [0.1, 0.15) is 5.78 Å². The molecular weight excluding hydrogens is 147 g/mol. The maximum absolute atomic E-state index is 10.6. The van der Waals surface area contributed by atoms with E-state index >= 15 is 0 Å². The van der Waals surface area contributed by atoms with E-state index in [-0.39, 0.29) is 18.8 Å². The number of nitrogens with two attached hydrogens (primary N) is 1. The second-order valence-electron chi connectivity index (χ2n) is 2.18. The van der Waals surface area contributed by atoms with Gasteiger partial charge < -0.3 is 21.1 Å². The van der Waals surface area contributed by atoms with Gasteiger partial charge in [-0.05, 0) is 0 Å². The minimum Gasteiger partial charge on any atom is -0.426 e. The van der Waals surface area contributed by atoms with E-state index in [0.717, 1.165) is 0 Å². The van der Waals surface area contributed by atoms with E-state index in [0.29, 0.717) is 13.0 Å². The monoisotopic (exact) mass is 160 g/mol. The molecule has 0 aromatic rings. The van der Waals surface area contributed by atoms with Gasteiger partial charge in [-0.1, -0.05) is 0 Å². The third kappa shape index (κ3) is 7.47. The molecule has 0 saturated carbocycles. The highest BCUT2D eigenvalue weighted by Crippen LogP contribution is 1.77. The van der Waals surface area contributed by atoms with Crippen molar-refractivity contribution in [2.24, 2.45) is 5.73 Å². The molecule has 0 bridgehead atoms. The Bertz CT molecular complexity index is 120. The van der Waals surface area contributed by atoms with Crippen molar-refractivity contribution in [2.45, 2.75) is 6.42 Å². The van der Waals surface area contributed by atoms with Crippen LogP contribution in [-0.4, -0.2) is 42.5 Å². The summed E-state index contributed by atoms with van der Waals surface area (Å²) in [6.07, 6.45) is 0.418. The van der Waals surface area contributed by atoms with Gasteiger partial charge in [0.25, 0.3) is 0 Å². The Morgan fingerprint density at radius 1 is 1.55 bits per heavy atom. The summed E-state index contributed by atoms with van der Waals surface area (Å²) in [5.74, 6) is -0.0371. The predicted molar refractivity (Wildman–Crippen MR) is 41.7 cm³/mol. The van der Waals surface area contributed by atoms with Gasteiger partial charge in [0.05, 0.1) is 6.54 Å². The summed E-state index contributed by atoms with van der Waals surface area (Å²) >= 11 is 0. The zero-order valence-corrected chi connectivity index (χ0v) is 6.29. The molecule has 0 aliphatic rings. The zero-order chi connectivity index (χ0) is 8.69. The van der Waals surface area contributed by atoms with Gasteiger partial charge in [0, 0.05) is 19.4 Å². The molecule has 0 amide bonds. The lowest BCUT2D eigenvalue weighted by Crippen LogP contribution is -2.32. The summed E-state index contributed by atoms with van der Waals surface area (Å²) in [5, 5.41) is 19.4. The quantitative estimate of drug-likeness (QED) is 0.254. The maximum atomic E-state index is 10.6. The van der Waals surface area contributed by atoms with Crippen molar-refractivity contribution < 1.29 is 14.8 Å². The van der Waals surface area contributed by atoms with Crippen LogP contribution in [-0.2, 0) is 4.79 Å². The van der Waals surface area contributed by atoms with Crippen molar-refractivity contribution in [1.82, 2.24) is 5.32 Å². The van der Waals surface area contributed by atoms with Crippen molar-refractivity contribution in [3.05, 3.63) is 0 Å². The molecule has 0 aromatic carbocycles. The predicted octanol–water partition coefficient (Wildman–Crippen LogP) is -2.49. The first-order valence-electron chi connectivity index (χ1n) is 3.45. The van der Waals surface area contributed by atoms with E-state index < -0.39 is 7.12 Å². The molecule has 0 heterocycles. The molecule has 6 heteroatoms. The molecule has 0 rings (SSSR count). The normalized spacial score (nSPS) is 9.73. The molecule has 0 spiro atoms. The molecule has 0 aliphatic heterocycles. The average molecular weight is 160 g/mol. The Kier molecular flexibility index (Phi) is 6.05. The van der Waals surface area contributed by atoms with E-state index in [1.165, 1.54) is 0 Å². The summed E-state index contributed by atoms with van der Waals surface area (Å²) in [4.78, 5) is 10.6. The standard InChI is InChI=1S/C5H13BN2O3/c7-3-5(9)1-2-8-4-6(10)11/h8,10-11H,1-4,7H2. The molecule has 64 valence electrons. The Balaban J connectivity index is 3.08. The Morgan fingerprint density at radius 2 is 2.18 bits per heavy atom. The van der Waals surface area contributed by atoms with Crippen LogP contribution in [0.25, 0.3) is 0 Å². The lowest BCUT2D eigenvalue weighted by atomic mass is 9.92. The average Bonchev–Trinajstić information content (AvgIpc) is 1.97. The van der Waals surface area contributed by atoms with E-state index in [1.54, 1.807) is 0 Å². The van der Waals surface area contributed by atoms with Crippen LogP contribution in [0.1, 0.15) is 6.42 Å². The van der Waals surface area contributed by atoms with Crippen LogP contribution in [0, 0.1) is 0 Å². The summed E-state index contributed by atoms with van der Waals surface area (Å²) in [6.45, 7) is 0.483. The van der Waals surface area contributed by atoms with Crippen LogP contribution in [0.4, 0.5) is 0 Å². The van der Waals surface area contributed by atoms with E-state index in [2.05, 4.69) is 5.32 Å². The number of ketones is 1. The lowest BCUT2D eigenvalue weighted by molar-refractivity contribution is -0.117. The van der Waals surface area contributed by atoms with E-state index in [4.69, 9.17) is 15.8 Å². The number of rotatable bonds is 6. The Hall–Kier alpha value is -0.425. The fourth-order valence-electron chi connectivity index (χ4n) is 0.561. The van der Waals surface area contributed by atoms with Crippen molar-refractivity contribution in [2.75, 3.05) is 19.5 Å². The Labute approximate surface area is 65.7 Å². The number of Topliss-reactive ketones (excluding diaryl/α,β-unsaturated/α-hetero) is 1. The van der Waals surface area contributed by atoms with Gasteiger partial charge in [-0.3, -0.25) is 4.79 Å². The minimum atomic E-state index is -1.36. The third-order valence-electron chi connectivity index (χ3n) is 1.14. The Morgan fingerprint density at radius 3 is 2.64 bits per heavy atom. The molecule has 5 nitrogen and oxygen atoms in total. The smallest absolute Gasteiger partial charge is 0.426 e. The van der Waals surface area contributed by atoms with Gasteiger partial charge in [-0.25, -0.2) is 0 Å². The molecule has 0 atom stereocenters. The molecule has 0 fully saturated rings. The summed E-state index contributed by atoms with van der Waals surface area (Å²) < 4.78 is 0. The first kappa shape index (κ1) is 10.6. The molecule has 0 unspecified atom stereocenters. The lowest BCUT2D eigenvalue weighted by Gasteiger charge is -2.01. The van der Waals surface area contributed by atoms with Crippen molar-refractivity contribution in [1.29, 1.82) is 0 Å². The van der Waals surface area contributed by atoms with Crippen LogP contribution >= 0.6 is 0 Å². The number of hydrogen-bond acceptors (Lipinski definition) is 5. The highest BCUT2D eigenvalue weighted by Gasteiger charge is 2.04. The van der Waals surface area contributed by atoms with Gasteiger partial charge in [-0.15, -0.1) is 0 Å². The minimum absolute atomic E-state index is 0.0371. The highest BCUT2D eigenvalue weighted by atomic mass is 16.4. The second-order valence-corrected chi connectivity index (χ2v) is 2.18. The van der Waals surface area contributed by atoms with Crippen molar-refractivity contribution >= 4 is 12.9 Å². The third-order valence-corrected chi connectivity index (χ3v) is 1.14. The number of carbonyl (C=O) groups excluding carboxylic acids is 1. The van der Waals surface area contributed by atoms with Gasteiger partial charge in [0.15, 0.2) is 0 Å². The molecular formula is C5H13BN2O3. The molecule has 0 aliphatic carbocycles.